The van der Waals surface area contributed by atoms with Gasteiger partial charge in [0.15, 0.2) is 5.79 Å². The van der Waals surface area contributed by atoms with Crippen molar-refractivity contribution in [3.63, 3.8) is 0 Å². The zero-order valence-corrected chi connectivity index (χ0v) is 11.7. The predicted octanol–water partition coefficient (Wildman–Crippen LogP) is 2.24. The third-order valence-corrected chi connectivity index (χ3v) is 4.80. The van der Waals surface area contributed by atoms with Crippen LogP contribution in [0.4, 0.5) is 0 Å². The van der Waals surface area contributed by atoms with E-state index in [0.717, 1.165) is 16.9 Å². The van der Waals surface area contributed by atoms with Gasteiger partial charge >= 0.3 is 0 Å². The van der Waals surface area contributed by atoms with Crippen molar-refractivity contribution < 1.29 is 14.1 Å². The average Bonchev–Trinajstić information content (AvgIpc) is 2.28. The molecular weight excluding hydrogens is 248 g/mol. The molecule has 1 N–H and O–H groups in total. The molecule has 0 bridgehead atoms. The van der Waals surface area contributed by atoms with Crippen LogP contribution in [0.1, 0.15) is 25.3 Å². The van der Waals surface area contributed by atoms with Gasteiger partial charge in [-0.05, 0) is 31.4 Å². The molecule has 0 aromatic heterocycles. The standard InChI is InChI=1S/C14H20O3S/c1-11-3-5-13(6-4-11)18(16)10-14(15)9-12(2)7-8-17-14/h3-6,12,15H,7-10H2,1-2H3. The first kappa shape index (κ1) is 13.7. The van der Waals surface area contributed by atoms with Gasteiger partial charge in [0.1, 0.15) is 0 Å². The molecule has 100 valence electrons. The minimum Gasteiger partial charge on any atom is -0.365 e. The molecule has 18 heavy (non-hydrogen) atoms. The van der Waals surface area contributed by atoms with E-state index in [1.54, 1.807) is 0 Å². The summed E-state index contributed by atoms with van der Waals surface area (Å²) in [5.41, 5.74) is 1.14. The van der Waals surface area contributed by atoms with E-state index in [1.165, 1.54) is 0 Å². The van der Waals surface area contributed by atoms with Gasteiger partial charge in [-0.2, -0.15) is 0 Å². The zero-order chi connectivity index (χ0) is 13.2. The minimum atomic E-state index is -1.23. The lowest BCUT2D eigenvalue weighted by Crippen LogP contribution is -2.43. The van der Waals surface area contributed by atoms with E-state index in [0.29, 0.717) is 18.9 Å². The molecule has 1 fully saturated rings. The van der Waals surface area contributed by atoms with E-state index in [1.807, 2.05) is 31.2 Å². The zero-order valence-electron chi connectivity index (χ0n) is 10.9. The molecule has 0 spiro atoms. The molecule has 0 amide bonds. The van der Waals surface area contributed by atoms with Gasteiger partial charge in [0.05, 0.1) is 23.2 Å². The summed E-state index contributed by atoms with van der Waals surface area (Å²) < 4.78 is 17.6. The molecule has 3 atom stereocenters. The van der Waals surface area contributed by atoms with Crippen LogP contribution >= 0.6 is 0 Å². The number of aliphatic hydroxyl groups is 1. The summed E-state index contributed by atoms with van der Waals surface area (Å²) in [7, 11) is -1.22. The van der Waals surface area contributed by atoms with Crippen LogP contribution < -0.4 is 0 Å². The van der Waals surface area contributed by atoms with Gasteiger partial charge in [0, 0.05) is 11.3 Å². The molecular formula is C14H20O3S. The van der Waals surface area contributed by atoms with E-state index >= 15 is 0 Å². The first-order chi connectivity index (χ1) is 8.48. The van der Waals surface area contributed by atoms with Crippen LogP contribution in [-0.4, -0.2) is 27.5 Å². The molecule has 1 aromatic rings. The quantitative estimate of drug-likeness (QED) is 0.914. The van der Waals surface area contributed by atoms with Crippen molar-refractivity contribution in [2.24, 2.45) is 5.92 Å². The fourth-order valence-corrected chi connectivity index (χ4v) is 3.45. The van der Waals surface area contributed by atoms with Crippen molar-refractivity contribution in [2.45, 2.75) is 37.4 Å². The lowest BCUT2D eigenvalue weighted by molar-refractivity contribution is -0.218. The van der Waals surface area contributed by atoms with Gasteiger partial charge in [-0.15, -0.1) is 0 Å². The Morgan fingerprint density at radius 3 is 2.72 bits per heavy atom. The Hall–Kier alpha value is -0.710. The van der Waals surface area contributed by atoms with Crippen LogP contribution in [0.3, 0.4) is 0 Å². The second-order valence-electron chi connectivity index (χ2n) is 5.20. The Kier molecular flexibility index (Phi) is 4.20. The summed E-state index contributed by atoms with van der Waals surface area (Å²) in [6.45, 7) is 4.62. The van der Waals surface area contributed by atoms with Gasteiger partial charge in [0.2, 0.25) is 0 Å². The average molecular weight is 268 g/mol. The lowest BCUT2D eigenvalue weighted by Gasteiger charge is -2.35. The third kappa shape index (κ3) is 3.40. The third-order valence-electron chi connectivity index (χ3n) is 3.29. The van der Waals surface area contributed by atoms with Crippen LogP contribution in [0.15, 0.2) is 29.2 Å². The summed E-state index contributed by atoms with van der Waals surface area (Å²) in [5, 5.41) is 10.3. The molecule has 1 aliphatic rings. The second kappa shape index (κ2) is 5.51. The van der Waals surface area contributed by atoms with Crippen molar-refractivity contribution in [2.75, 3.05) is 12.4 Å². The van der Waals surface area contributed by atoms with Crippen LogP contribution in [0.5, 0.6) is 0 Å². The van der Waals surface area contributed by atoms with Crippen molar-refractivity contribution >= 4 is 10.8 Å². The molecule has 3 unspecified atom stereocenters. The Morgan fingerprint density at radius 1 is 1.44 bits per heavy atom. The largest absolute Gasteiger partial charge is 0.365 e. The first-order valence-corrected chi connectivity index (χ1v) is 7.62. The van der Waals surface area contributed by atoms with Gasteiger partial charge in [-0.3, -0.25) is 4.21 Å². The number of hydrogen-bond acceptors (Lipinski definition) is 3. The van der Waals surface area contributed by atoms with E-state index in [9.17, 15) is 9.32 Å². The summed E-state index contributed by atoms with van der Waals surface area (Å²) in [6, 6.07) is 7.56. The molecule has 0 saturated carbocycles. The van der Waals surface area contributed by atoms with E-state index in [4.69, 9.17) is 4.74 Å². The van der Waals surface area contributed by atoms with E-state index in [2.05, 4.69) is 6.92 Å². The van der Waals surface area contributed by atoms with Gasteiger partial charge in [0.25, 0.3) is 0 Å². The fraction of sp³-hybridized carbons (Fsp3) is 0.571. The number of rotatable bonds is 3. The van der Waals surface area contributed by atoms with E-state index < -0.39 is 16.6 Å². The highest BCUT2D eigenvalue weighted by Crippen LogP contribution is 2.28. The molecule has 1 aromatic carbocycles. The van der Waals surface area contributed by atoms with Crippen molar-refractivity contribution in [3.8, 4) is 0 Å². The lowest BCUT2D eigenvalue weighted by atomic mass is 9.96. The van der Waals surface area contributed by atoms with Crippen LogP contribution in [0.25, 0.3) is 0 Å². The van der Waals surface area contributed by atoms with Gasteiger partial charge in [-0.1, -0.05) is 24.6 Å². The normalized spacial score (nSPS) is 30.1. The Morgan fingerprint density at radius 2 is 2.11 bits per heavy atom. The molecule has 1 aliphatic heterocycles. The number of aryl methyl sites for hydroxylation is 1. The highest BCUT2D eigenvalue weighted by Gasteiger charge is 2.35. The maximum Gasteiger partial charge on any atom is 0.177 e. The molecule has 3 nitrogen and oxygen atoms in total. The Labute approximate surface area is 111 Å². The SMILES string of the molecule is Cc1ccc(S(=O)CC2(O)CC(C)CCO2)cc1. The summed E-state index contributed by atoms with van der Waals surface area (Å²) in [6.07, 6.45) is 1.52. The van der Waals surface area contributed by atoms with Crippen LogP contribution in [0, 0.1) is 12.8 Å². The van der Waals surface area contributed by atoms with Crippen molar-refractivity contribution in [1.82, 2.24) is 0 Å². The topological polar surface area (TPSA) is 46.5 Å². The van der Waals surface area contributed by atoms with E-state index in [-0.39, 0.29) is 5.75 Å². The fourth-order valence-electron chi connectivity index (χ4n) is 2.23. The maximum absolute atomic E-state index is 12.2. The summed E-state index contributed by atoms with van der Waals surface area (Å²) in [5.74, 6) is -0.660. The maximum atomic E-state index is 12.2. The molecule has 1 heterocycles. The summed E-state index contributed by atoms with van der Waals surface area (Å²) in [4.78, 5) is 0.746. The first-order valence-electron chi connectivity index (χ1n) is 6.30. The monoisotopic (exact) mass is 268 g/mol. The minimum absolute atomic E-state index is 0.153. The predicted molar refractivity (Wildman–Crippen MR) is 71.8 cm³/mol. The van der Waals surface area contributed by atoms with Gasteiger partial charge in [-0.25, -0.2) is 0 Å². The molecule has 4 heteroatoms. The van der Waals surface area contributed by atoms with Crippen LogP contribution in [0.2, 0.25) is 0 Å². The Balaban J connectivity index is 2.04. The highest BCUT2D eigenvalue weighted by atomic mass is 32.2. The van der Waals surface area contributed by atoms with Crippen molar-refractivity contribution in [1.29, 1.82) is 0 Å². The van der Waals surface area contributed by atoms with Gasteiger partial charge < -0.3 is 9.84 Å². The molecule has 2 rings (SSSR count). The summed E-state index contributed by atoms with van der Waals surface area (Å²) >= 11 is 0. The number of hydrogen-bond donors (Lipinski definition) is 1. The smallest absolute Gasteiger partial charge is 0.177 e. The van der Waals surface area contributed by atoms with Crippen LogP contribution in [-0.2, 0) is 15.5 Å². The van der Waals surface area contributed by atoms with Crippen molar-refractivity contribution in [3.05, 3.63) is 29.8 Å². The molecule has 0 radical (unpaired) electrons. The number of benzene rings is 1. The second-order valence-corrected chi connectivity index (χ2v) is 6.65. The molecule has 1 saturated heterocycles. The molecule has 0 aliphatic carbocycles. The number of ether oxygens (including phenoxy) is 1. The highest BCUT2D eigenvalue weighted by molar-refractivity contribution is 7.85. The Bertz CT molecular complexity index is 429.